The van der Waals surface area contributed by atoms with Gasteiger partial charge in [0.2, 0.25) is 0 Å². The lowest BCUT2D eigenvalue weighted by Crippen LogP contribution is -2.59. The second-order valence-electron chi connectivity index (χ2n) is 6.05. The molecule has 1 aliphatic heterocycles. The summed E-state index contributed by atoms with van der Waals surface area (Å²) < 4.78 is 17.1. The molecule has 5 heteroatoms. The molecule has 3 atom stereocenters. The van der Waals surface area contributed by atoms with E-state index in [0.29, 0.717) is 18.1 Å². The molecule has 1 heterocycles. The molecule has 5 nitrogen and oxygen atoms in total. The van der Waals surface area contributed by atoms with Gasteiger partial charge in [0.15, 0.2) is 5.79 Å². The average molecular weight is 286 g/mol. The summed E-state index contributed by atoms with van der Waals surface area (Å²) >= 11 is 0. The molecule has 1 saturated heterocycles. The highest BCUT2D eigenvalue weighted by molar-refractivity contribution is 4.96. The van der Waals surface area contributed by atoms with Gasteiger partial charge in [0.05, 0.1) is 19.8 Å². The monoisotopic (exact) mass is 286 g/mol. The molecule has 0 amide bonds. The third-order valence-corrected chi connectivity index (χ3v) is 4.73. The fourth-order valence-corrected chi connectivity index (χ4v) is 3.50. The zero-order valence-corrected chi connectivity index (χ0v) is 13.4. The highest BCUT2D eigenvalue weighted by Crippen LogP contribution is 2.38. The molecule has 2 rings (SSSR count). The molecule has 20 heavy (non-hydrogen) atoms. The lowest BCUT2D eigenvalue weighted by Gasteiger charge is -2.46. The highest BCUT2D eigenvalue weighted by atomic mass is 16.7. The standard InChI is InChI=1S/C15H30N2O3/c1-5-16-13-6-7-15(19-8-9-20-15)10-14(13)17(3)12(2)11-18-4/h12-14,16H,5-11H2,1-4H3. The molecular weight excluding hydrogens is 256 g/mol. The summed E-state index contributed by atoms with van der Waals surface area (Å²) in [7, 11) is 3.95. The van der Waals surface area contributed by atoms with E-state index < -0.39 is 0 Å². The van der Waals surface area contributed by atoms with Gasteiger partial charge in [-0.1, -0.05) is 6.92 Å². The van der Waals surface area contributed by atoms with Gasteiger partial charge in [-0.25, -0.2) is 0 Å². The number of likely N-dealkylation sites (N-methyl/N-ethyl adjacent to an activating group) is 2. The van der Waals surface area contributed by atoms with Gasteiger partial charge in [0.25, 0.3) is 0 Å². The van der Waals surface area contributed by atoms with Crippen molar-refractivity contribution in [3.05, 3.63) is 0 Å². The molecule has 118 valence electrons. The Morgan fingerprint density at radius 1 is 1.40 bits per heavy atom. The predicted molar refractivity (Wildman–Crippen MR) is 78.8 cm³/mol. The van der Waals surface area contributed by atoms with Crippen molar-refractivity contribution in [1.29, 1.82) is 0 Å². The summed E-state index contributed by atoms with van der Waals surface area (Å²) in [6.45, 7) is 7.60. The number of hydrogen-bond donors (Lipinski definition) is 1. The summed E-state index contributed by atoms with van der Waals surface area (Å²) in [6.07, 6.45) is 3.03. The molecular formula is C15H30N2O3. The minimum absolute atomic E-state index is 0.336. The maximum atomic E-state index is 5.92. The van der Waals surface area contributed by atoms with Gasteiger partial charge in [0.1, 0.15) is 0 Å². The van der Waals surface area contributed by atoms with Crippen LogP contribution in [0.5, 0.6) is 0 Å². The lowest BCUT2D eigenvalue weighted by atomic mass is 9.84. The third-order valence-electron chi connectivity index (χ3n) is 4.73. The van der Waals surface area contributed by atoms with Gasteiger partial charge < -0.3 is 19.5 Å². The Kier molecular flexibility index (Phi) is 5.81. The van der Waals surface area contributed by atoms with E-state index in [2.05, 4.69) is 31.1 Å². The fourth-order valence-electron chi connectivity index (χ4n) is 3.50. The summed E-state index contributed by atoms with van der Waals surface area (Å²) in [4.78, 5) is 2.42. The zero-order valence-electron chi connectivity index (χ0n) is 13.4. The van der Waals surface area contributed by atoms with Crippen LogP contribution in [-0.2, 0) is 14.2 Å². The molecule has 1 aliphatic carbocycles. The SMILES string of the molecule is CCNC1CCC2(CC1N(C)C(C)COC)OCCO2. The Bertz CT molecular complexity index is 295. The molecule has 1 spiro atoms. The number of rotatable bonds is 6. The van der Waals surface area contributed by atoms with Gasteiger partial charge in [-0.3, -0.25) is 4.90 Å². The molecule has 0 aromatic heterocycles. The minimum Gasteiger partial charge on any atom is -0.383 e. The molecule has 2 fully saturated rings. The predicted octanol–water partition coefficient (Wildman–Crippen LogP) is 1.23. The first-order valence-corrected chi connectivity index (χ1v) is 7.84. The first-order valence-electron chi connectivity index (χ1n) is 7.84. The Labute approximate surface area is 122 Å². The van der Waals surface area contributed by atoms with Crippen LogP contribution < -0.4 is 5.32 Å². The quantitative estimate of drug-likeness (QED) is 0.795. The van der Waals surface area contributed by atoms with Gasteiger partial charge >= 0.3 is 0 Å². The van der Waals surface area contributed by atoms with E-state index in [1.807, 2.05) is 0 Å². The number of methoxy groups -OCH3 is 1. The van der Waals surface area contributed by atoms with Crippen molar-refractivity contribution in [1.82, 2.24) is 10.2 Å². The smallest absolute Gasteiger partial charge is 0.170 e. The van der Waals surface area contributed by atoms with Gasteiger partial charge in [-0.15, -0.1) is 0 Å². The largest absolute Gasteiger partial charge is 0.383 e. The van der Waals surface area contributed by atoms with Crippen molar-refractivity contribution < 1.29 is 14.2 Å². The second kappa shape index (κ2) is 7.18. The highest BCUT2D eigenvalue weighted by Gasteiger charge is 2.46. The maximum Gasteiger partial charge on any atom is 0.170 e. The molecule has 2 aliphatic rings. The summed E-state index contributed by atoms with van der Waals surface area (Å²) in [5, 5.41) is 3.63. The van der Waals surface area contributed by atoms with Crippen molar-refractivity contribution in [3.8, 4) is 0 Å². The van der Waals surface area contributed by atoms with Crippen molar-refractivity contribution in [2.45, 2.75) is 57.0 Å². The van der Waals surface area contributed by atoms with Crippen LogP contribution in [0.2, 0.25) is 0 Å². The van der Waals surface area contributed by atoms with Crippen LogP contribution in [0, 0.1) is 0 Å². The Morgan fingerprint density at radius 3 is 2.70 bits per heavy atom. The summed E-state index contributed by atoms with van der Waals surface area (Å²) in [5.74, 6) is -0.336. The minimum atomic E-state index is -0.336. The number of nitrogens with zero attached hydrogens (tertiary/aromatic N) is 1. The van der Waals surface area contributed by atoms with E-state index in [1.54, 1.807) is 7.11 Å². The van der Waals surface area contributed by atoms with Crippen molar-refractivity contribution in [2.24, 2.45) is 0 Å². The number of nitrogens with one attached hydrogen (secondary N) is 1. The normalized spacial score (nSPS) is 31.1. The molecule has 0 bridgehead atoms. The lowest BCUT2D eigenvalue weighted by molar-refractivity contribution is -0.194. The zero-order chi connectivity index (χ0) is 14.6. The van der Waals surface area contributed by atoms with Gasteiger partial charge in [-0.05, 0) is 26.9 Å². The maximum absolute atomic E-state index is 5.92. The summed E-state index contributed by atoms with van der Waals surface area (Å²) in [5.41, 5.74) is 0. The third kappa shape index (κ3) is 3.52. The van der Waals surface area contributed by atoms with E-state index in [0.717, 1.165) is 45.6 Å². The second-order valence-corrected chi connectivity index (χ2v) is 6.05. The topological polar surface area (TPSA) is 43.0 Å². The van der Waals surface area contributed by atoms with Crippen LogP contribution in [0.3, 0.4) is 0 Å². The van der Waals surface area contributed by atoms with Crippen molar-refractivity contribution in [3.63, 3.8) is 0 Å². The molecule has 1 saturated carbocycles. The number of hydrogen-bond acceptors (Lipinski definition) is 5. The Balaban J connectivity index is 2.05. The van der Waals surface area contributed by atoms with Crippen LogP contribution in [-0.4, -0.2) is 69.3 Å². The first kappa shape index (κ1) is 16.2. The average Bonchev–Trinajstić information content (AvgIpc) is 2.89. The van der Waals surface area contributed by atoms with Crippen molar-refractivity contribution in [2.75, 3.05) is 40.5 Å². The fraction of sp³-hybridized carbons (Fsp3) is 1.00. The summed E-state index contributed by atoms with van der Waals surface area (Å²) in [6, 6.07) is 1.32. The molecule has 1 N–H and O–H groups in total. The van der Waals surface area contributed by atoms with Crippen LogP contribution in [0.15, 0.2) is 0 Å². The van der Waals surface area contributed by atoms with E-state index in [4.69, 9.17) is 14.2 Å². The van der Waals surface area contributed by atoms with E-state index >= 15 is 0 Å². The van der Waals surface area contributed by atoms with Crippen LogP contribution in [0.1, 0.15) is 33.1 Å². The Morgan fingerprint density at radius 2 is 2.10 bits per heavy atom. The molecule has 0 radical (unpaired) electrons. The van der Waals surface area contributed by atoms with E-state index in [1.165, 1.54) is 0 Å². The van der Waals surface area contributed by atoms with Gasteiger partial charge in [0, 0.05) is 38.1 Å². The molecule has 0 aromatic rings. The van der Waals surface area contributed by atoms with E-state index in [9.17, 15) is 0 Å². The van der Waals surface area contributed by atoms with Gasteiger partial charge in [-0.2, -0.15) is 0 Å². The molecule has 0 aromatic carbocycles. The van der Waals surface area contributed by atoms with Crippen LogP contribution >= 0.6 is 0 Å². The Hall–Kier alpha value is -0.200. The van der Waals surface area contributed by atoms with Crippen LogP contribution in [0.4, 0.5) is 0 Å². The van der Waals surface area contributed by atoms with Crippen LogP contribution in [0.25, 0.3) is 0 Å². The van der Waals surface area contributed by atoms with Crippen molar-refractivity contribution >= 4 is 0 Å². The first-order chi connectivity index (χ1) is 9.62. The number of ether oxygens (including phenoxy) is 3. The molecule has 3 unspecified atom stereocenters. The van der Waals surface area contributed by atoms with E-state index in [-0.39, 0.29) is 5.79 Å².